The summed E-state index contributed by atoms with van der Waals surface area (Å²) >= 11 is 3.67. The van der Waals surface area contributed by atoms with E-state index in [2.05, 4.69) is 30.3 Å². The zero-order chi connectivity index (χ0) is 8.97. The van der Waals surface area contributed by atoms with Crippen LogP contribution in [0.25, 0.3) is 0 Å². The summed E-state index contributed by atoms with van der Waals surface area (Å²) < 4.78 is 1.34. The van der Waals surface area contributed by atoms with E-state index in [1.54, 1.807) is 11.8 Å². The highest BCUT2D eigenvalue weighted by Gasteiger charge is 2.15. The van der Waals surface area contributed by atoms with Crippen LogP contribution >= 0.6 is 23.5 Å². The van der Waals surface area contributed by atoms with Crippen molar-refractivity contribution < 1.29 is 0 Å². The van der Waals surface area contributed by atoms with Crippen LogP contribution in [0, 0.1) is 0 Å². The van der Waals surface area contributed by atoms with Crippen LogP contribution in [-0.4, -0.2) is 11.3 Å². The Balaban J connectivity index is 2.26. The molecular weight excluding hydrogens is 188 g/mol. The molecule has 0 saturated carbocycles. The zero-order valence-electron chi connectivity index (χ0n) is 7.39. The average Bonchev–Trinajstić information content (AvgIpc) is 2.36. The third-order valence-electron chi connectivity index (χ3n) is 1.25. The number of nitrogens with one attached hydrogen (secondary N) is 2. The predicted molar refractivity (Wildman–Crippen MR) is 58.7 cm³/mol. The minimum absolute atomic E-state index is 0.275. The molecule has 0 saturated heterocycles. The minimum Gasteiger partial charge on any atom is -0.361 e. The molecule has 4 heteroatoms. The Hall–Kier alpha value is -0.220. The molecule has 0 fully saturated rings. The number of allylic oxidation sites excluding steroid dienone is 1. The van der Waals surface area contributed by atoms with Gasteiger partial charge in [0.1, 0.15) is 5.50 Å². The SMILES string of the molecule is C=C(C)NC1NC=C(SCC)S1. The van der Waals surface area contributed by atoms with Crippen molar-refractivity contribution >= 4 is 23.5 Å². The molecule has 68 valence electrons. The number of hydrogen-bond donors (Lipinski definition) is 2. The van der Waals surface area contributed by atoms with Gasteiger partial charge in [-0.3, -0.25) is 0 Å². The van der Waals surface area contributed by atoms with E-state index >= 15 is 0 Å². The second-order valence-corrected chi connectivity index (χ2v) is 5.20. The van der Waals surface area contributed by atoms with Crippen LogP contribution in [0.4, 0.5) is 0 Å². The van der Waals surface area contributed by atoms with Crippen molar-refractivity contribution in [2.75, 3.05) is 5.75 Å². The Morgan fingerprint density at radius 3 is 3.25 bits per heavy atom. The molecule has 1 aliphatic heterocycles. The topological polar surface area (TPSA) is 24.1 Å². The van der Waals surface area contributed by atoms with Crippen molar-refractivity contribution in [1.82, 2.24) is 10.6 Å². The molecule has 1 aliphatic rings. The third kappa shape index (κ3) is 3.03. The Bertz CT molecular complexity index is 201. The summed E-state index contributed by atoms with van der Waals surface area (Å²) in [6, 6.07) is 0. The summed E-state index contributed by atoms with van der Waals surface area (Å²) in [5, 5.41) is 6.45. The van der Waals surface area contributed by atoms with E-state index in [0.29, 0.717) is 0 Å². The van der Waals surface area contributed by atoms with E-state index in [9.17, 15) is 0 Å². The molecule has 12 heavy (non-hydrogen) atoms. The van der Waals surface area contributed by atoms with Crippen LogP contribution in [-0.2, 0) is 0 Å². The standard InChI is InChI=1S/C8H14N2S2/c1-4-11-7-5-9-8(12-7)10-6(2)3/h5,8-10H,2,4H2,1,3H3. The lowest BCUT2D eigenvalue weighted by atomic mass is 10.6. The first kappa shape index (κ1) is 9.86. The highest BCUT2D eigenvalue weighted by molar-refractivity contribution is 8.22. The summed E-state index contributed by atoms with van der Waals surface area (Å²) in [4.78, 5) is 0. The fraction of sp³-hybridized carbons (Fsp3) is 0.500. The van der Waals surface area contributed by atoms with Gasteiger partial charge in [-0.15, -0.1) is 11.8 Å². The Labute approximate surface area is 82.3 Å². The van der Waals surface area contributed by atoms with Crippen molar-refractivity contribution in [3.05, 3.63) is 22.7 Å². The van der Waals surface area contributed by atoms with Gasteiger partial charge in [0.15, 0.2) is 0 Å². The van der Waals surface area contributed by atoms with Gasteiger partial charge >= 0.3 is 0 Å². The minimum atomic E-state index is 0.275. The van der Waals surface area contributed by atoms with Crippen LogP contribution < -0.4 is 10.6 Å². The molecule has 2 nitrogen and oxygen atoms in total. The summed E-state index contributed by atoms with van der Waals surface area (Å²) in [6.45, 7) is 7.92. The molecule has 1 rings (SSSR count). The molecule has 1 atom stereocenters. The molecule has 0 spiro atoms. The molecule has 0 aromatic heterocycles. The van der Waals surface area contributed by atoms with E-state index in [0.717, 1.165) is 11.4 Å². The summed E-state index contributed by atoms with van der Waals surface area (Å²) in [7, 11) is 0. The highest BCUT2D eigenvalue weighted by atomic mass is 32.2. The smallest absolute Gasteiger partial charge is 0.150 e. The van der Waals surface area contributed by atoms with Gasteiger partial charge in [0.25, 0.3) is 0 Å². The van der Waals surface area contributed by atoms with Crippen molar-refractivity contribution in [3.8, 4) is 0 Å². The lowest BCUT2D eigenvalue weighted by Gasteiger charge is -2.13. The maximum absolute atomic E-state index is 3.80. The summed E-state index contributed by atoms with van der Waals surface area (Å²) in [6.07, 6.45) is 2.06. The number of hydrogen-bond acceptors (Lipinski definition) is 4. The van der Waals surface area contributed by atoms with Gasteiger partial charge in [0, 0.05) is 11.9 Å². The molecule has 0 radical (unpaired) electrons. The molecule has 0 amide bonds. The fourth-order valence-electron chi connectivity index (χ4n) is 0.841. The first-order chi connectivity index (χ1) is 5.72. The average molecular weight is 202 g/mol. The van der Waals surface area contributed by atoms with Crippen molar-refractivity contribution in [2.24, 2.45) is 0 Å². The van der Waals surface area contributed by atoms with E-state index in [-0.39, 0.29) is 5.50 Å². The van der Waals surface area contributed by atoms with Gasteiger partial charge in [-0.2, -0.15) is 0 Å². The Morgan fingerprint density at radius 2 is 2.67 bits per heavy atom. The fourth-order valence-corrected chi connectivity index (χ4v) is 2.96. The second-order valence-electron chi connectivity index (χ2n) is 2.49. The van der Waals surface area contributed by atoms with Crippen LogP contribution in [0.3, 0.4) is 0 Å². The van der Waals surface area contributed by atoms with E-state index in [4.69, 9.17) is 0 Å². The predicted octanol–water partition coefficient (Wildman–Crippen LogP) is 2.28. The zero-order valence-corrected chi connectivity index (χ0v) is 9.02. The van der Waals surface area contributed by atoms with Crippen LogP contribution in [0.15, 0.2) is 22.7 Å². The second kappa shape index (κ2) is 4.72. The summed E-state index contributed by atoms with van der Waals surface area (Å²) in [5.74, 6) is 1.13. The molecule has 1 unspecified atom stereocenters. The number of rotatable bonds is 4. The quantitative estimate of drug-likeness (QED) is 0.730. The number of thioether (sulfide) groups is 2. The van der Waals surface area contributed by atoms with Gasteiger partial charge in [0.2, 0.25) is 0 Å². The molecule has 0 aromatic carbocycles. The molecular formula is C8H14N2S2. The lowest BCUT2D eigenvalue weighted by Crippen LogP contribution is -2.32. The summed E-state index contributed by atoms with van der Waals surface area (Å²) in [5.41, 5.74) is 1.27. The van der Waals surface area contributed by atoms with Gasteiger partial charge in [-0.1, -0.05) is 25.3 Å². The van der Waals surface area contributed by atoms with Crippen LogP contribution in [0.5, 0.6) is 0 Å². The normalized spacial score (nSPS) is 21.5. The van der Waals surface area contributed by atoms with Crippen molar-refractivity contribution in [1.29, 1.82) is 0 Å². The largest absolute Gasteiger partial charge is 0.361 e. The first-order valence-corrected chi connectivity index (χ1v) is 5.76. The molecule has 0 aliphatic carbocycles. The monoisotopic (exact) mass is 202 g/mol. The maximum atomic E-state index is 3.80. The third-order valence-corrected chi connectivity index (χ3v) is 3.42. The van der Waals surface area contributed by atoms with Crippen LogP contribution in [0.2, 0.25) is 0 Å². The lowest BCUT2D eigenvalue weighted by molar-refractivity contribution is 0.695. The van der Waals surface area contributed by atoms with Gasteiger partial charge < -0.3 is 10.6 Å². The molecule has 0 bridgehead atoms. The Morgan fingerprint density at radius 1 is 1.92 bits per heavy atom. The first-order valence-electron chi connectivity index (χ1n) is 3.90. The highest BCUT2D eigenvalue weighted by Crippen LogP contribution is 2.33. The van der Waals surface area contributed by atoms with Crippen LogP contribution in [0.1, 0.15) is 13.8 Å². The molecule has 1 heterocycles. The van der Waals surface area contributed by atoms with Gasteiger partial charge in [0.05, 0.1) is 4.24 Å². The molecule has 0 aromatic rings. The molecule has 2 N–H and O–H groups in total. The van der Waals surface area contributed by atoms with E-state index in [1.807, 2.05) is 18.7 Å². The van der Waals surface area contributed by atoms with Gasteiger partial charge in [-0.05, 0) is 12.7 Å². The van der Waals surface area contributed by atoms with Crippen molar-refractivity contribution in [3.63, 3.8) is 0 Å². The van der Waals surface area contributed by atoms with Gasteiger partial charge in [-0.25, -0.2) is 0 Å². The van der Waals surface area contributed by atoms with E-state index < -0.39 is 0 Å². The van der Waals surface area contributed by atoms with Crippen molar-refractivity contribution in [2.45, 2.75) is 19.3 Å². The Kier molecular flexibility index (Phi) is 3.88. The van der Waals surface area contributed by atoms with E-state index in [1.165, 1.54) is 4.24 Å². The maximum Gasteiger partial charge on any atom is 0.150 e.